The Kier molecular flexibility index (Phi) is 5.40. The molecule has 1 aromatic carbocycles. The van der Waals surface area contributed by atoms with Crippen LogP contribution in [-0.2, 0) is 9.53 Å². The van der Waals surface area contributed by atoms with Gasteiger partial charge in [0.2, 0.25) is 0 Å². The number of aryl methyl sites for hydroxylation is 2. The van der Waals surface area contributed by atoms with E-state index in [-0.39, 0.29) is 23.4 Å². The third kappa shape index (κ3) is 3.82. The molecule has 2 heterocycles. The van der Waals surface area contributed by atoms with Gasteiger partial charge in [0, 0.05) is 44.3 Å². The van der Waals surface area contributed by atoms with Crippen LogP contribution >= 0.6 is 0 Å². The number of anilines is 1. The zero-order valence-corrected chi connectivity index (χ0v) is 19.7. The predicted octanol–water partition coefficient (Wildman–Crippen LogP) is 4.88. The molecule has 3 fully saturated rings. The monoisotopic (exact) mass is 422 g/mol. The molecule has 2 saturated heterocycles. The number of carbonyl (C=O) groups excluding carboxylic acids is 1. The molecule has 4 heteroatoms. The van der Waals surface area contributed by atoms with E-state index < -0.39 is 0 Å². The molecule has 2 aliphatic heterocycles. The Morgan fingerprint density at radius 1 is 1.13 bits per heavy atom. The van der Waals surface area contributed by atoms with E-state index in [0.29, 0.717) is 5.92 Å². The Bertz CT molecular complexity index is 898. The lowest BCUT2D eigenvalue weighted by Crippen LogP contribution is -2.49. The summed E-state index contributed by atoms with van der Waals surface area (Å²) < 4.78 is 5.99. The van der Waals surface area contributed by atoms with Gasteiger partial charge < -0.3 is 9.64 Å². The second kappa shape index (κ2) is 7.95. The maximum absolute atomic E-state index is 12.9. The number of rotatable bonds is 3. The average Bonchev–Trinajstić information content (AvgIpc) is 3.01. The summed E-state index contributed by atoms with van der Waals surface area (Å²) in [6, 6.07) is 6.75. The van der Waals surface area contributed by atoms with Crippen LogP contribution in [0.25, 0.3) is 0 Å². The number of piperazine rings is 1. The van der Waals surface area contributed by atoms with Gasteiger partial charge in [0.05, 0.1) is 5.92 Å². The zero-order chi connectivity index (χ0) is 21.8. The molecule has 0 N–H and O–H groups in total. The number of carbonyl (C=O) groups is 1. The molecule has 5 rings (SSSR count). The van der Waals surface area contributed by atoms with E-state index in [1.807, 2.05) is 0 Å². The van der Waals surface area contributed by atoms with Crippen molar-refractivity contribution >= 4 is 11.7 Å². The number of benzene rings is 1. The van der Waals surface area contributed by atoms with Gasteiger partial charge in [-0.1, -0.05) is 35.8 Å². The molecule has 0 amide bonds. The molecule has 0 bridgehead atoms. The first-order valence-corrected chi connectivity index (χ1v) is 12.3. The summed E-state index contributed by atoms with van der Waals surface area (Å²) >= 11 is 0. The first kappa shape index (κ1) is 21.1. The largest absolute Gasteiger partial charge is 0.462 e. The fraction of sp³-hybridized carbons (Fsp3) is 0.667. The molecule has 1 aromatic rings. The van der Waals surface area contributed by atoms with Gasteiger partial charge in [-0.2, -0.15) is 0 Å². The third-order valence-electron chi connectivity index (χ3n) is 8.70. The van der Waals surface area contributed by atoms with Crippen LogP contribution < -0.4 is 4.90 Å². The highest BCUT2D eigenvalue weighted by molar-refractivity contribution is 5.76. The number of allylic oxidation sites excluding steroid dienone is 2. The highest BCUT2D eigenvalue weighted by atomic mass is 16.6. The van der Waals surface area contributed by atoms with Crippen molar-refractivity contribution in [2.75, 3.05) is 37.6 Å². The van der Waals surface area contributed by atoms with Crippen molar-refractivity contribution in [1.29, 1.82) is 0 Å². The molecule has 0 aromatic heterocycles. The van der Waals surface area contributed by atoms with Crippen LogP contribution in [0.1, 0.15) is 57.1 Å². The maximum atomic E-state index is 12.9. The Balaban J connectivity index is 1.24. The van der Waals surface area contributed by atoms with Crippen molar-refractivity contribution in [3.8, 4) is 0 Å². The van der Waals surface area contributed by atoms with Crippen molar-refractivity contribution in [3.63, 3.8) is 0 Å². The van der Waals surface area contributed by atoms with Crippen molar-refractivity contribution in [2.24, 2.45) is 17.3 Å². The average molecular weight is 423 g/mol. The van der Waals surface area contributed by atoms with Crippen molar-refractivity contribution in [3.05, 3.63) is 40.5 Å². The van der Waals surface area contributed by atoms with Gasteiger partial charge in [0.25, 0.3) is 0 Å². The molecule has 4 nitrogen and oxygen atoms in total. The summed E-state index contributed by atoms with van der Waals surface area (Å²) in [6.45, 7) is 14.1. The number of hydrogen-bond donors (Lipinski definition) is 0. The Morgan fingerprint density at radius 3 is 2.65 bits per heavy atom. The number of fused-ring (bicyclic) bond motifs is 2. The van der Waals surface area contributed by atoms with Gasteiger partial charge in [-0.3, -0.25) is 9.69 Å². The summed E-state index contributed by atoms with van der Waals surface area (Å²) in [6.07, 6.45) is 6.02. The summed E-state index contributed by atoms with van der Waals surface area (Å²) in [7, 11) is 0. The zero-order valence-electron chi connectivity index (χ0n) is 19.7. The van der Waals surface area contributed by atoms with Crippen LogP contribution in [0.3, 0.4) is 0 Å². The molecule has 4 aliphatic rings. The minimum atomic E-state index is 0.0458. The highest BCUT2D eigenvalue weighted by Gasteiger charge is 2.53. The number of esters is 1. The second-order valence-electron chi connectivity index (χ2n) is 10.9. The van der Waals surface area contributed by atoms with Crippen LogP contribution in [0.2, 0.25) is 0 Å². The first-order chi connectivity index (χ1) is 14.8. The smallest absolute Gasteiger partial charge is 0.310 e. The molecule has 2 aliphatic carbocycles. The van der Waals surface area contributed by atoms with E-state index in [0.717, 1.165) is 45.6 Å². The topological polar surface area (TPSA) is 32.8 Å². The Morgan fingerprint density at radius 2 is 1.90 bits per heavy atom. The lowest BCUT2D eigenvalue weighted by atomic mass is 9.59. The van der Waals surface area contributed by atoms with Gasteiger partial charge in [0.15, 0.2) is 0 Å². The minimum absolute atomic E-state index is 0.0458. The fourth-order valence-corrected chi connectivity index (χ4v) is 6.93. The minimum Gasteiger partial charge on any atom is -0.462 e. The van der Waals surface area contributed by atoms with Crippen LogP contribution in [0.4, 0.5) is 5.69 Å². The summed E-state index contributed by atoms with van der Waals surface area (Å²) in [5.74, 6) is 0.484. The van der Waals surface area contributed by atoms with Crippen molar-refractivity contribution < 1.29 is 9.53 Å². The normalized spacial score (nSPS) is 33.9. The number of hydrogen-bond acceptors (Lipinski definition) is 4. The predicted molar refractivity (Wildman–Crippen MR) is 125 cm³/mol. The van der Waals surface area contributed by atoms with Crippen LogP contribution in [-0.4, -0.2) is 49.7 Å². The maximum Gasteiger partial charge on any atom is 0.310 e. The van der Waals surface area contributed by atoms with Crippen LogP contribution in [0, 0.1) is 31.1 Å². The van der Waals surface area contributed by atoms with Gasteiger partial charge in [-0.15, -0.1) is 0 Å². The summed E-state index contributed by atoms with van der Waals surface area (Å²) in [5.41, 5.74) is 7.54. The van der Waals surface area contributed by atoms with E-state index in [2.05, 4.69) is 55.7 Å². The van der Waals surface area contributed by atoms with Crippen LogP contribution in [0.5, 0.6) is 0 Å². The third-order valence-corrected chi connectivity index (χ3v) is 8.70. The fourth-order valence-electron chi connectivity index (χ4n) is 6.93. The SMILES string of the molecule is CC1=C2C[C@@H]3C(CN4CCN(c5ccc(C)cc5C)CC4)C(=O)O[C@@H]3C[C@@]2(C)CCC1. The molecule has 1 unspecified atom stereocenters. The molecule has 0 radical (unpaired) electrons. The molecular weight excluding hydrogens is 384 g/mol. The van der Waals surface area contributed by atoms with E-state index in [1.165, 1.54) is 36.1 Å². The second-order valence-corrected chi connectivity index (χ2v) is 10.9. The molecule has 31 heavy (non-hydrogen) atoms. The quantitative estimate of drug-likeness (QED) is 0.513. The van der Waals surface area contributed by atoms with E-state index in [1.54, 1.807) is 11.1 Å². The van der Waals surface area contributed by atoms with Gasteiger partial charge in [-0.05, 0) is 69.9 Å². The summed E-state index contributed by atoms with van der Waals surface area (Å²) in [4.78, 5) is 17.9. The summed E-state index contributed by atoms with van der Waals surface area (Å²) in [5, 5.41) is 0. The number of ether oxygens (including phenoxy) is 1. The molecule has 168 valence electrons. The Hall–Kier alpha value is -1.81. The van der Waals surface area contributed by atoms with Crippen molar-refractivity contribution in [2.45, 2.75) is 65.9 Å². The highest BCUT2D eigenvalue weighted by Crippen LogP contribution is 2.55. The van der Waals surface area contributed by atoms with E-state index in [9.17, 15) is 4.79 Å². The van der Waals surface area contributed by atoms with Gasteiger partial charge >= 0.3 is 5.97 Å². The van der Waals surface area contributed by atoms with E-state index >= 15 is 0 Å². The molecule has 0 spiro atoms. The molecule has 4 atom stereocenters. The lowest BCUT2D eigenvalue weighted by Gasteiger charge is -2.46. The lowest BCUT2D eigenvalue weighted by molar-refractivity contribution is -0.145. The standard InChI is InChI=1S/C27H38N2O2/c1-18-7-8-24(20(3)14-18)29-12-10-28(11-13-29)17-22-21-15-23-19(2)6-5-9-27(23,4)16-25(21)31-26(22)30/h7-8,14,21-22,25H,5-6,9-13,15-17H2,1-4H3/t21-,22?,25-,27-/m1/s1. The first-order valence-electron chi connectivity index (χ1n) is 12.3. The van der Waals surface area contributed by atoms with Gasteiger partial charge in [0.1, 0.15) is 6.10 Å². The molecule has 1 saturated carbocycles. The van der Waals surface area contributed by atoms with E-state index in [4.69, 9.17) is 4.74 Å². The van der Waals surface area contributed by atoms with Crippen molar-refractivity contribution in [1.82, 2.24) is 4.90 Å². The molecular formula is C27H38N2O2. The van der Waals surface area contributed by atoms with Crippen LogP contribution in [0.15, 0.2) is 29.3 Å². The number of nitrogens with zero attached hydrogens (tertiary/aromatic N) is 2. The Labute approximate surface area is 187 Å². The van der Waals surface area contributed by atoms with Gasteiger partial charge in [-0.25, -0.2) is 0 Å².